The van der Waals surface area contributed by atoms with Gasteiger partial charge in [0.05, 0.1) is 12.8 Å². The Morgan fingerprint density at radius 1 is 1.10 bits per heavy atom. The summed E-state index contributed by atoms with van der Waals surface area (Å²) in [5, 5.41) is 3.72. The maximum Gasteiger partial charge on any atom is 0.291 e. The van der Waals surface area contributed by atoms with Gasteiger partial charge in [-0.1, -0.05) is 15.9 Å². The number of hydrogen-bond acceptors (Lipinski definition) is 5. The number of hydrogen-bond donors (Lipinski definition) is 1. The lowest BCUT2D eigenvalue weighted by Gasteiger charge is -2.32. The van der Waals surface area contributed by atoms with Crippen LogP contribution in [-0.4, -0.2) is 62.0 Å². The highest BCUT2D eigenvalue weighted by atomic mass is 79.9. The number of piperazine rings is 1. The van der Waals surface area contributed by atoms with Crippen LogP contribution in [0.2, 0.25) is 0 Å². The van der Waals surface area contributed by atoms with E-state index < -0.39 is 5.91 Å². The van der Waals surface area contributed by atoms with E-state index in [2.05, 4.69) is 26.1 Å². The predicted octanol–water partition coefficient (Wildman–Crippen LogP) is 4.15. The summed E-state index contributed by atoms with van der Waals surface area (Å²) >= 11 is 3.45. The molecule has 0 saturated carbocycles. The Labute approximate surface area is 189 Å². The van der Waals surface area contributed by atoms with Gasteiger partial charge in [0.2, 0.25) is 0 Å². The Morgan fingerprint density at radius 2 is 1.84 bits per heavy atom. The van der Waals surface area contributed by atoms with E-state index in [4.69, 9.17) is 9.15 Å². The normalized spacial score (nSPS) is 14.6. The molecule has 31 heavy (non-hydrogen) atoms. The van der Waals surface area contributed by atoms with E-state index in [9.17, 15) is 9.59 Å². The number of fused-ring (bicyclic) bond motifs is 1. The van der Waals surface area contributed by atoms with E-state index in [0.717, 1.165) is 28.5 Å². The van der Waals surface area contributed by atoms with E-state index in [1.54, 1.807) is 18.2 Å². The van der Waals surface area contributed by atoms with E-state index in [1.165, 1.54) is 7.11 Å². The van der Waals surface area contributed by atoms with Crippen molar-refractivity contribution >= 4 is 44.4 Å². The van der Waals surface area contributed by atoms with Gasteiger partial charge in [-0.15, -0.1) is 0 Å². The molecule has 0 bridgehead atoms. The highest BCUT2D eigenvalue weighted by molar-refractivity contribution is 9.10. The number of furan rings is 1. The summed E-state index contributed by atoms with van der Waals surface area (Å²) in [5.74, 6) is 0.245. The van der Waals surface area contributed by atoms with Crippen LogP contribution < -0.4 is 10.1 Å². The SMILES string of the molecule is COc1ccc(C(=O)N2CCN(C)CC2)cc1NC(=O)c1oc2ccc(Br)cc2c1C. The van der Waals surface area contributed by atoms with Gasteiger partial charge in [0.25, 0.3) is 11.8 Å². The molecule has 162 valence electrons. The lowest BCUT2D eigenvalue weighted by atomic mass is 10.1. The summed E-state index contributed by atoms with van der Waals surface area (Å²) < 4.78 is 12.1. The number of carbonyl (C=O) groups is 2. The van der Waals surface area contributed by atoms with Crippen molar-refractivity contribution in [1.29, 1.82) is 0 Å². The topological polar surface area (TPSA) is 75.0 Å². The fourth-order valence-corrected chi connectivity index (χ4v) is 4.08. The average molecular weight is 486 g/mol. The van der Waals surface area contributed by atoms with Crippen molar-refractivity contribution in [2.45, 2.75) is 6.92 Å². The van der Waals surface area contributed by atoms with Crippen molar-refractivity contribution in [2.75, 3.05) is 45.7 Å². The van der Waals surface area contributed by atoms with Crippen LogP contribution in [0.1, 0.15) is 26.5 Å². The van der Waals surface area contributed by atoms with Crippen LogP contribution in [0.25, 0.3) is 11.0 Å². The Morgan fingerprint density at radius 3 is 2.55 bits per heavy atom. The second-order valence-electron chi connectivity index (χ2n) is 7.66. The highest BCUT2D eigenvalue weighted by Crippen LogP contribution is 2.31. The third-order valence-electron chi connectivity index (χ3n) is 5.59. The number of aryl methyl sites for hydroxylation is 1. The van der Waals surface area contributed by atoms with Gasteiger partial charge in [-0.3, -0.25) is 9.59 Å². The summed E-state index contributed by atoms with van der Waals surface area (Å²) in [4.78, 5) is 30.0. The lowest BCUT2D eigenvalue weighted by Crippen LogP contribution is -2.47. The molecule has 0 radical (unpaired) electrons. The van der Waals surface area contributed by atoms with Gasteiger partial charge in [0, 0.05) is 47.2 Å². The van der Waals surface area contributed by atoms with Crippen molar-refractivity contribution in [3.05, 3.63) is 57.8 Å². The largest absolute Gasteiger partial charge is 0.495 e. The van der Waals surface area contributed by atoms with E-state index in [-0.39, 0.29) is 11.7 Å². The molecule has 7 nitrogen and oxygen atoms in total. The minimum Gasteiger partial charge on any atom is -0.495 e. The number of nitrogens with zero attached hydrogens (tertiary/aromatic N) is 2. The van der Waals surface area contributed by atoms with Crippen LogP contribution in [0.4, 0.5) is 5.69 Å². The zero-order valence-electron chi connectivity index (χ0n) is 17.7. The highest BCUT2D eigenvalue weighted by Gasteiger charge is 2.23. The Kier molecular flexibility index (Phi) is 6.02. The minimum absolute atomic E-state index is 0.0592. The molecule has 1 aliphatic heterocycles. The molecule has 0 spiro atoms. The molecule has 1 aromatic heterocycles. The molecule has 1 saturated heterocycles. The van der Waals surface area contributed by atoms with Gasteiger partial charge < -0.3 is 24.3 Å². The molecule has 3 aromatic rings. The molecule has 1 fully saturated rings. The van der Waals surface area contributed by atoms with Crippen LogP contribution in [0.15, 0.2) is 45.3 Å². The first-order valence-electron chi connectivity index (χ1n) is 10.0. The average Bonchev–Trinajstić information content (AvgIpc) is 3.09. The number of ether oxygens (including phenoxy) is 1. The number of benzene rings is 2. The number of likely N-dealkylation sites (N-methyl/N-ethyl adjacent to an activating group) is 1. The van der Waals surface area contributed by atoms with Crippen molar-refractivity contribution < 1.29 is 18.7 Å². The summed E-state index contributed by atoms with van der Waals surface area (Å²) in [6.07, 6.45) is 0. The fraction of sp³-hybridized carbons (Fsp3) is 0.304. The monoisotopic (exact) mass is 485 g/mol. The molecule has 2 heterocycles. The standard InChI is InChI=1S/C23H24BrN3O4/c1-14-17-13-16(24)5-7-19(17)31-21(14)22(28)25-18-12-15(4-6-20(18)30-3)23(29)27-10-8-26(2)9-11-27/h4-7,12-13H,8-11H2,1-3H3,(H,25,28). The van der Waals surface area contributed by atoms with E-state index >= 15 is 0 Å². The van der Waals surface area contributed by atoms with Gasteiger partial charge in [-0.05, 0) is 50.4 Å². The number of halogens is 1. The molecular formula is C23H24BrN3O4. The minimum atomic E-state index is -0.396. The third-order valence-corrected chi connectivity index (χ3v) is 6.08. The van der Waals surface area contributed by atoms with Gasteiger partial charge in [0.1, 0.15) is 11.3 Å². The van der Waals surface area contributed by atoms with Crippen molar-refractivity contribution in [2.24, 2.45) is 0 Å². The van der Waals surface area contributed by atoms with Gasteiger partial charge >= 0.3 is 0 Å². The molecule has 0 atom stereocenters. The number of methoxy groups -OCH3 is 1. The fourth-order valence-electron chi connectivity index (χ4n) is 3.72. The summed E-state index contributed by atoms with van der Waals surface area (Å²) in [7, 11) is 3.57. The van der Waals surface area contributed by atoms with Crippen LogP contribution >= 0.6 is 15.9 Å². The number of carbonyl (C=O) groups excluding carboxylic acids is 2. The first-order chi connectivity index (χ1) is 14.9. The van der Waals surface area contributed by atoms with Crippen molar-refractivity contribution in [3.63, 3.8) is 0 Å². The smallest absolute Gasteiger partial charge is 0.291 e. The Balaban J connectivity index is 1.60. The molecular weight excluding hydrogens is 462 g/mol. The zero-order chi connectivity index (χ0) is 22.1. The van der Waals surface area contributed by atoms with E-state index in [0.29, 0.717) is 35.7 Å². The zero-order valence-corrected chi connectivity index (χ0v) is 19.3. The number of rotatable bonds is 4. The summed E-state index contributed by atoms with van der Waals surface area (Å²) in [6, 6.07) is 10.7. The Hall–Kier alpha value is -2.84. The van der Waals surface area contributed by atoms with Crippen LogP contribution in [0, 0.1) is 6.92 Å². The molecule has 1 N–H and O–H groups in total. The molecule has 0 unspecified atom stereocenters. The van der Waals surface area contributed by atoms with E-state index in [1.807, 2.05) is 37.1 Å². The second-order valence-corrected chi connectivity index (χ2v) is 8.58. The molecule has 2 aromatic carbocycles. The number of nitrogens with one attached hydrogen (secondary N) is 1. The number of anilines is 1. The first kappa shape index (κ1) is 21.4. The molecule has 4 rings (SSSR count). The van der Waals surface area contributed by atoms with Crippen molar-refractivity contribution in [3.8, 4) is 5.75 Å². The van der Waals surface area contributed by atoms with Gasteiger partial charge in [0.15, 0.2) is 5.76 Å². The Bertz CT molecular complexity index is 1150. The molecule has 8 heteroatoms. The maximum absolute atomic E-state index is 13.0. The number of amides is 2. The maximum atomic E-state index is 13.0. The molecule has 2 amide bonds. The van der Waals surface area contributed by atoms with Crippen LogP contribution in [0.3, 0.4) is 0 Å². The van der Waals surface area contributed by atoms with Crippen LogP contribution in [-0.2, 0) is 0 Å². The molecule has 0 aliphatic carbocycles. The van der Waals surface area contributed by atoms with Gasteiger partial charge in [-0.25, -0.2) is 0 Å². The lowest BCUT2D eigenvalue weighted by molar-refractivity contribution is 0.0664. The molecule has 1 aliphatic rings. The van der Waals surface area contributed by atoms with Crippen molar-refractivity contribution in [1.82, 2.24) is 9.80 Å². The van der Waals surface area contributed by atoms with Crippen LogP contribution in [0.5, 0.6) is 5.75 Å². The first-order valence-corrected chi connectivity index (χ1v) is 10.8. The predicted molar refractivity (Wildman–Crippen MR) is 123 cm³/mol. The third kappa shape index (κ3) is 4.31. The summed E-state index contributed by atoms with van der Waals surface area (Å²) in [6.45, 7) is 4.88. The quantitative estimate of drug-likeness (QED) is 0.600. The second kappa shape index (κ2) is 8.72. The van der Waals surface area contributed by atoms with Gasteiger partial charge in [-0.2, -0.15) is 0 Å². The summed E-state index contributed by atoms with van der Waals surface area (Å²) in [5.41, 5.74) is 2.31.